The van der Waals surface area contributed by atoms with Gasteiger partial charge >= 0.3 is 0 Å². The van der Waals surface area contributed by atoms with Crippen molar-refractivity contribution in [1.29, 1.82) is 0 Å². The van der Waals surface area contributed by atoms with Gasteiger partial charge in [0.1, 0.15) is 5.82 Å². The summed E-state index contributed by atoms with van der Waals surface area (Å²) in [6.07, 6.45) is 0. The van der Waals surface area contributed by atoms with Gasteiger partial charge in [0.2, 0.25) is 0 Å². The molecule has 0 aliphatic carbocycles. The van der Waals surface area contributed by atoms with Crippen molar-refractivity contribution in [3.05, 3.63) is 64.8 Å². The van der Waals surface area contributed by atoms with E-state index in [1.807, 2.05) is 62.4 Å². The smallest absolute Gasteiger partial charge is 0.261 e. The van der Waals surface area contributed by atoms with E-state index in [4.69, 9.17) is 0 Å². The predicted octanol–water partition coefficient (Wildman–Crippen LogP) is 3.34. The third kappa shape index (κ3) is 3.86. The number of benzene rings is 1. The van der Waals surface area contributed by atoms with Crippen molar-refractivity contribution < 1.29 is 4.79 Å². The highest BCUT2D eigenvalue weighted by Crippen LogP contribution is 2.24. The minimum Gasteiger partial charge on any atom is -0.367 e. The van der Waals surface area contributed by atoms with Gasteiger partial charge in [-0.05, 0) is 49.6 Å². The van der Waals surface area contributed by atoms with Crippen LogP contribution < -0.4 is 10.6 Å². The molecule has 8 heteroatoms. The zero-order valence-corrected chi connectivity index (χ0v) is 16.5. The molecule has 0 saturated heterocycles. The number of nitrogens with zero attached hydrogens (tertiary/aromatic N) is 4. The van der Waals surface area contributed by atoms with E-state index in [9.17, 15) is 4.79 Å². The highest BCUT2D eigenvalue weighted by molar-refractivity contribution is 7.20. The van der Waals surface area contributed by atoms with Crippen LogP contribution in [0, 0.1) is 13.8 Å². The second-order valence-electron chi connectivity index (χ2n) is 6.45. The highest BCUT2D eigenvalue weighted by atomic mass is 32.1. The van der Waals surface area contributed by atoms with Crippen LogP contribution in [-0.2, 0) is 0 Å². The van der Waals surface area contributed by atoms with E-state index in [2.05, 4.69) is 25.9 Å². The van der Waals surface area contributed by atoms with Crippen LogP contribution in [0.25, 0.3) is 15.9 Å². The van der Waals surface area contributed by atoms with Crippen molar-refractivity contribution in [3.63, 3.8) is 0 Å². The molecule has 0 fully saturated rings. The number of thiophene rings is 1. The number of aromatic nitrogens is 4. The van der Waals surface area contributed by atoms with E-state index in [1.54, 1.807) is 4.68 Å². The molecule has 1 aromatic carbocycles. The second-order valence-corrected chi connectivity index (χ2v) is 7.53. The molecule has 28 heavy (non-hydrogen) atoms. The summed E-state index contributed by atoms with van der Waals surface area (Å²) >= 11 is 1.50. The lowest BCUT2D eigenvalue weighted by molar-refractivity contribution is 0.0959. The summed E-state index contributed by atoms with van der Waals surface area (Å²) in [5.74, 6) is 1.27. The first-order valence-electron chi connectivity index (χ1n) is 8.98. The molecule has 1 amide bonds. The average molecular weight is 392 g/mol. The van der Waals surface area contributed by atoms with Gasteiger partial charge in [0.15, 0.2) is 5.82 Å². The Hall–Kier alpha value is -3.26. The molecular weight excluding hydrogens is 372 g/mol. The fourth-order valence-corrected chi connectivity index (χ4v) is 3.92. The molecule has 0 aliphatic heterocycles. The molecule has 4 aromatic rings. The van der Waals surface area contributed by atoms with Crippen LogP contribution in [0.1, 0.15) is 21.1 Å². The van der Waals surface area contributed by atoms with Crippen molar-refractivity contribution in [1.82, 2.24) is 25.3 Å². The lowest BCUT2D eigenvalue weighted by atomic mass is 10.2. The molecule has 0 radical (unpaired) electrons. The van der Waals surface area contributed by atoms with Crippen LogP contribution in [0.2, 0.25) is 0 Å². The molecule has 3 aromatic heterocycles. The quantitative estimate of drug-likeness (QED) is 0.492. The third-order valence-electron chi connectivity index (χ3n) is 4.24. The van der Waals surface area contributed by atoms with Crippen molar-refractivity contribution in [3.8, 4) is 5.82 Å². The molecule has 3 heterocycles. The topological polar surface area (TPSA) is 84.7 Å². The summed E-state index contributed by atoms with van der Waals surface area (Å²) in [4.78, 5) is 13.0. The summed E-state index contributed by atoms with van der Waals surface area (Å²) in [5, 5.41) is 20.0. The number of hydrogen-bond acceptors (Lipinski definition) is 6. The lowest BCUT2D eigenvalue weighted by Crippen LogP contribution is -2.28. The first-order valence-corrected chi connectivity index (χ1v) is 9.80. The Kier molecular flexibility index (Phi) is 5.03. The monoisotopic (exact) mass is 392 g/mol. The molecule has 0 aliphatic rings. The van der Waals surface area contributed by atoms with Crippen LogP contribution in [0.5, 0.6) is 0 Å². The van der Waals surface area contributed by atoms with Gasteiger partial charge in [-0.1, -0.05) is 18.2 Å². The Morgan fingerprint density at radius 2 is 1.93 bits per heavy atom. The van der Waals surface area contributed by atoms with Crippen molar-refractivity contribution >= 4 is 33.1 Å². The number of aryl methyl sites for hydroxylation is 2. The van der Waals surface area contributed by atoms with E-state index in [1.165, 1.54) is 11.3 Å². The maximum absolute atomic E-state index is 12.3. The van der Waals surface area contributed by atoms with Crippen LogP contribution in [-0.4, -0.2) is 39.0 Å². The number of fused-ring (bicyclic) bond motifs is 1. The van der Waals surface area contributed by atoms with Gasteiger partial charge in [-0.2, -0.15) is 5.10 Å². The zero-order valence-electron chi connectivity index (χ0n) is 15.6. The van der Waals surface area contributed by atoms with E-state index in [0.29, 0.717) is 24.7 Å². The summed E-state index contributed by atoms with van der Waals surface area (Å²) in [7, 11) is 0. The highest BCUT2D eigenvalue weighted by Gasteiger charge is 2.09. The molecule has 4 rings (SSSR count). The summed E-state index contributed by atoms with van der Waals surface area (Å²) in [5.41, 5.74) is 1.95. The Morgan fingerprint density at radius 3 is 2.64 bits per heavy atom. The van der Waals surface area contributed by atoms with Crippen molar-refractivity contribution in [2.24, 2.45) is 0 Å². The standard InChI is InChI=1S/C20H20N6OS/c1-13-11-14(2)26(25-13)19-8-7-18(23-24-19)21-9-10-22-20(27)17-12-15-5-3-4-6-16(15)28-17/h3-8,11-12H,9-10H2,1-2H3,(H,21,23)(H,22,27). The Morgan fingerprint density at radius 1 is 1.07 bits per heavy atom. The Bertz CT molecular complexity index is 1080. The van der Waals surface area contributed by atoms with Crippen molar-refractivity contribution in [2.75, 3.05) is 18.4 Å². The minimum atomic E-state index is -0.0611. The molecule has 7 nitrogen and oxygen atoms in total. The second kappa shape index (κ2) is 7.77. The van der Waals surface area contributed by atoms with Crippen LogP contribution in [0.3, 0.4) is 0 Å². The van der Waals surface area contributed by atoms with Gasteiger partial charge in [0, 0.05) is 23.5 Å². The number of amides is 1. The fourth-order valence-electron chi connectivity index (χ4n) is 2.94. The molecule has 2 N–H and O–H groups in total. The zero-order chi connectivity index (χ0) is 19.5. The number of carbonyl (C=O) groups is 1. The van der Waals surface area contributed by atoms with Crippen LogP contribution >= 0.6 is 11.3 Å². The van der Waals surface area contributed by atoms with E-state index >= 15 is 0 Å². The van der Waals surface area contributed by atoms with Crippen LogP contribution in [0.4, 0.5) is 5.82 Å². The maximum Gasteiger partial charge on any atom is 0.261 e. The summed E-state index contributed by atoms with van der Waals surface area (Å²) in [6, 6.07) is 15.6. The Labute approximate surface area is 166 Å². The first kappa shape index (κ1) is 18.1. The number of carbonyl (C=O) groups excluding carboxylic acids is 1. The number of nitrogens with one attached hydrogen (secondary N) is 2. The number of hydrogen-bond donors (Lipinski definition) is 2. The molecule has 0 unspecified atom stereocenters. The van der Waals surface area contributed by atoms with Gasteiger partial charge in [-0.25, -0.2) is 4.68 Å². The third-order valence-corrected chi connectivity index (χ3v) is 5.36. The van der Waals surface area contributed by atoms with Gasteiger partial charge < -0.3 is 10.6 Å². The molecule has 0 atom stereocenters. The average Bonchev–Trinajstić information content (AvgIpc) is 3.28. The SMILES string of the molecule is Cc1cc(C)n(-c2ccc(NCCNC(=O)c3cc4ccccc4s3)nn2)n1. The largest absolute Gasteiger partial charge is 0.367 e. The maximum atomic E-state index is 12.3. The minimum absolute atomic E-state index is 0.0611. The molecule has 0 spiro atoms. The van der Waals surface area contributed by atoms with E-state index in [-0.39, 0.29) is 5.91 Å². The lowest BCUT2D eigenvalue weighted by Gasteiger charge is -2.07. The number of anilines is 1. The number of rotatable bonds is 6. The normalized spacial score (nSPS) is 10.9. The fraction of sp³-hybridized carbons (Fsp3) is 0.200. The first-order chi connectivity index (χ1) is 13.6. The van der Waals surface area contributed by atoms with Gasteiger partial charge in [-0.3, -0.25) is 4.79 Å². The van der Waals surface area contributed by atoms with E-state index in [0.717, 1.165) is 26.4 Å². The molecular formula is C20H20N6OS. The summed E-state index contributed by atoms with van der Waals surface area (Å²) in [6.45, 7) is 4.98. The van der Waals surface area contributed by atoms with Gasteiger partial charge in [-0.15, -0.1) is 21.5 Å². The predicted molar refractivity (Wildman–Crippen MR) is 111 cm³/mol. The van der Waals surface area contributed by atoms with E-state index < -0.39 is 0 Å². The van der Waals surface area contributed by atoms with Crippen LogP contribution in [0.15, 0.2) is 48.5 Å². The molecule has 142 valence electrons. The molecule has 0 saturated carbocycles. The summed E-state index contributed by atoms with van der Waals surface area (Å²) < 4.78 is 2.88. The van der Waals surface area contributed by atoms with Gasteiger partial charge in [0.25, 0.3) is 5.91 Å². The Balaban J connectivity index is 1.29. The van der Waals surface area contributed by atoms with Gasteiger partial charge in [0.05, 0.1) is 10.6 Å². The van der Waals surface area contributed by atoms with Crippen molar-refractivity contribution in [2.45, 2.75) is 13.8 Å². The molecule has 0 bridgehead atoms.